The molecular formula is C13H29NO9. The van der Waals surface area contributed by atoms with Crippen LogP contribution in [-0.4, -0.2) is 118 Å². The number of hydrogen-bond donors (Lipinski definition) is 7. The van der Waals surface area contributed by atoms with E-state index < -0.39 is 49.7 Å². The second-order valence-electron chi connectivity index (χ2n) is 6.18. The first-order chi connectivity index (χ1) is 10.4. The maximum atomic E-state index is 10.0. The number of aliphatic carboxylic acids is 1. The van der Waals surface area contributed by atoms with Gasteiger partial charge in [-0.1, -0.05) is 0 Å². The van der Waals surface area contributed by atoms with Crippen molar-refractivity contribution in [1.29, 1.82) is 0 Å². The van der Waals surface area contributed by atoms with Crippen LogP contribution in [0.2, 0.25) is 0 Å². The van der Waals surface area contributed by atoms with Crippen molar-refractivity contribution >= 4 is 5.97 Å². The number of carbonyl (C=O) groups excluding carboxylic acids is 1. The topological polar surface area (TPSA) is 182 Å². The molecule has 7 N–H and O–H groups in total. The summed E-state index contributed by atoms with van der Waals surface area (Å²) >= 11 is 0. The minimum atomic E-state index is -1.67. The Morgan fingerprint density at radius 3 is 1.48 bits per heavy atom. The molecule has 5 unspecified atom stereocenters. The molecule has 5 atom stereocenters. The van der Waals surface area contributed by atoms with Crippen molar-refractivity contribution in [2.45, 2.75) is 36.9 Å². The fraction of sp³-hybridized carbons (Fsp3) is 0.923. The minimum Gasteiger partial charge on any atom is -0.550 e. The Kier molecular flexibility index (Phi) is 12.4. The maximum absolute atomic E-state index is 10.0. The van der Waals surface area contributed by atoms with Gasteiger partial charge in [-0.05, 0) is 0 Å². The van der Waals surface area contributed by atoms with E-state index in [0.717, 1.165) is 0 Å². The number of carboxylic acids is 1. The van der Waals surface area contributed by atoms with Crippen LogP contribution in [0.15, 0.2) is 0 Å². The zero-order valence-electron chi connectivity index (χ0n) is 13.6. The highest BCUT2D eigenvalue weighted by Gasteiger charge is 2.29. The molecule has 0 saturated carbocycles. The number of aliphatic hydroxyl groups excluding tert-OH is 7. The molecule has 0 aromatic heterocycles. The van der Waals surface area contributed by atoms with Gasteiger partial charge in [0.15, 0.2) is 0 Å². The molecule has 23 heavy (non-hydrogen) atoms. The Bertz CT molecular complexity index is 307. The van der Waals surface area contributed by atoms with Crippen molar-refractivity contribution in [2.24, 2.45) is 0 Å². The van der Waals surface area contributed by atoms with E-state index in [1.54, 1.807) is 0 Å². The highest BCUT2D eigenvalue weighted by molar-refractivity contribution is 5.64. The molecule has 0 aliphatic heterocycles. The van der Waals surface area contributed by atoms with Crippen LogP contribution in [0.3, 0.4) is 0 Å². The van der Waals surface area contributed by atoms with E-state index in [4.69, 9.17) is 35.7 Å². The molecule has 0 aliphatic carbocycles. The van der Waals surface area contributed by atoms with Gasteiger partial charge in [-0.3, -0.25) is 0 Å². The van der Waals surface area contributed by atoms with Crippen LogP contribution in [0.4, 0.5) is 0 Å². The number of aliphatic hydroxyl groups is 7. The summed E-state index contributed by atoms with van der Waals surface area (Å²) < 4.78 is 0.550. The van der Waals surface area contributed by atoms with Gasteiger partial charge >= 0.3 is 0 Å². The van der Waals surface area contributed by atoms with Crippen molar-refractivity contribution < 1.29 is 50.1 Å². The lowest BCUT2D eigenvalue weighted by Gasteiger charge is -2.26. The van der Waals surface area contributed by atoms with Crippen LogP contribution >= 0.6 is 0 Å². The Labute approximate surface area is 135 Å². The Morgan fingerprint density at radius 1 is 0.913 bits per heavy atom. The van der Waals surface area contributed by atoms with E-state index in [0.29, 0.717) is 11.0 Å². The molecule has 0 aromatic carbocycles. The van der Waals surface area contributed by atoms with Crippen molar-refractivity contribution in [2.75, 3.05) is 40.9 Å². The molecule has 0 aliphatic rings. The van der Waals surface area contributed by atoms with Gasteiger partial charge in [0.25, 0.3) is 0 Å². The molecule has 0 aromatic rings. The lowest BCUT2D eigenvalue weighted by atomic mass is 10.0. The minimum absolute atomic E-state index is 0.282. The van der Waals surface area contributed by atoms with Crippen molar-refractivity contribution in [3.8, 4) is 0 Å². The number of carboxylic acid groups (broad SMARTS) is 1. The normalized spacial score (nSPS) is 18.2. The smallest absolute Gasteiger partial charge is 0.111 e. The van der Waals surface area contributed by atoms with E-state index in [1.165, 1.54) is 0 Å². The van der Waals surface area contributed by atoms with E-state index in [-0.39, 0.29) is 6.42 Å². The first-order valence-electron chi connectivity index (χ1n) is 6.98. The summed E-state index contributed by atoms with van der Waals surface area (Å²) in [4.78, 5) is 10.0. The van der Waals surface area contributed by atoms with Crippen LogP contribution in [0.25, 0.3) is 0 Å². The zero-order chi connectivity index (χ0) is 18.8. The highest BCUT2D eigenvalue weighted by Crippen LogP contribution is 2.04. The third-order valence-corrected chi connectivity index (χ3v) is 2.67. The van der Waals surface area contributed by atoms with Crippen LogP contribution in [-0.2, 0) is 4.79 Å². The Morgan fingerprint density at radius 2 is 1.26 bits per heavy atom. The Hall–Kier alpha value is -0.850. The molecule has 0 bridgehead atoms. The van der Waals surface area contributed by atoms with E-state index in [1.807, 2.05) is 21.1 Å². The van der Waals surface area contributed by atoms with Gasteiger partial charge in [0.05, 0.1) is 34.4 Å². The summed E-state index contributed by atoms with van der Waals surface area (Å²) in [6.07, 6.45) is -7.48. The van der Waals surface area contributed by atoms with Crippen LogP contribution in [0.1, 0.15) is 6.42 Å². The fourth-order valence-electron chi connectivity index (χ4n) is 1.56. The van der Waals surface area contributed by atoms with Crippen LogP contribution < -0.4 is 5.11 Å². The molecule has 0 heterocycles. The van der Waals surface area contributed by atoms with Gasteiger partial charge in [0, 0.05) is 12.4 Å². The molecule has 0 radical (unpaired) electrons. The number of rotatable bonds is 9. The molecule has 0 spiro atoms. The SMILES string of the molecule is C[N+](C)(C)CC(O)CC(=O)[O-].OCC(O)C(O)C(O)C(O)CO. The van der Waals surface area contributed by atoms with Gasteiger partial charge in [-0.2, -0.15) is 0 Å². The van der Waals surface area contributed by atoms with Gasteiger partial charge in [0.1, 0.15) is 37.1 Å². The van der Waals surface area contributed by atoms with Crippen LogP contribution in [0, 0.1) is 0 Å². The Balaban J connectivity index is 0. The highest BCUT2D eigenvalue weighted by atomic mass is 16.4. The first-order valence-corrected chi connectivity index (χ1v) is 6.98. The third kappa shape index (κ3) is 13.3. The second kappa shape index (κ2) is 11.6. The van der Waals surface area contributed by atoms with Crippen molar-refractivity contribution in [3.63, 3.8) is 0 Å². The molecule has 0 amide bonds. The van der Waals surface area contributed by atoms with Crippen molar-refractivity contribution in [3.05, 3.63) is 0 Å². The largest absolute Gasteiger partial charge is 0.550 e. The standard InChI is InChI=1S/C7H15NO3.C6H14O6/c1-8(2,3)5-6(9)4-7(10)11;7-1-3(9)5(11)6(12)4(10)2-8/h6,9H,4-5H2,1-3H3;3-12H,1-2H2. The lowest BCUT2D eigenvalue weighted by Crippen LogP contribution is -2.46. The lowest BCUT2D eigenvalue weighted by molar-refractivity contribution is -0.873. The number of hydrogen-bond acceptors (Lipinski definition) is 9. The number of likely N-dealkylation sites (N-methyl/N-ethyl adjacent to an activating group) is 1. The maximum Gasteiger partial charge on any atom is 0.111 e. The van der Waals surface area contributed by atoms with Gasteiger partial charge in [-0.15, -0.1) is 0 Å². The first kappa shape index (κ1) is 24.4. The summed E-state index contributed by atoms with van der Waals surface area (Å²) in [5.74, 6) is -1.20. The molecule has 0 rings (SSSR count). The molecule has 0 fully saturated rings. The molecule has 10 heteroatoms. The van der Waals surface area contributed by atoms with Gasteiger partial charge < -0.3 is 50.1 Å². The number of quaternary nitrogens is 1. The quantitative estimate of drug-likeness (QED) is 0.201. The summed E-state index contributed by atoms with van der Waals surface area (Å²) in [5.41, 5.74) is 0. The van der Waals surface area contributed by atoms with E-state index in [2.05, 4.69) is 0 Å². The molecule has 140 valence electrons. The average Bonchev–Trinajstić information content (AvgIpc) is 2.41. The van der Waals surface area contributed by atoms with Gasteiger partial charge in [0.2, 0.25) is 0 Å². The van der Waals surface area contributed by atoms with Crippen LogP contribution in [0.5, 0.6) is 0 Å². The summed E-state index contributed by atoms with van der Waals surface area (Å²) in [6.45, 7) is -1.03. The number of carbonyl (C=O) groups is 1. The molecule has 0 saturated heterocycles. The zero-order valence-corrected chi connectivity index (χ0v) is 13.6. The predicted octanol–water partition coefficient (Wildman–Crippen LogP) is -5.39. The summed E-state index contributed by atoms with van der Waals surface area (Å²) in [7, 11) is 5.66. The van der Waals surface area contributed by atoms with E-state index >= 15 is 0 Å². The summed E-state index contributed by atoms with van der Waals surface area (Å²) in [6, 6.07) is 0. The molecule has 10 nitrogen and oxygen atoms in total. The predicted molar refractivity (Wildman–Crippen MR) is 76.7 cm³/mol. The number of nitrogens with zero attached hydrogens (tertiary/aromatic N) is 1. The van der Waals surface area contributed by atoms with Crippen molar-refractivity contribution in [1.82, 2.24) is 0 Å². The third-order valence-electron chi connectivity index (χ3n) is 2.67. The second-order valence-corrected chi connectivity index (χ2v) is 6.18. The fourth-order valence-corrected chi connectivity index (χ4v) is 1.56. The average molecular weight is 343 g/mol. The monoisotopic (exact) mass is 343 g/mol. The molecular weight excluding hydrogens is 314 g/mol. The summed E-state index contributed by atoms with van der Waals surface area (Å²) in [5, 5.41) is 71.3. The van der Waals surface area contributed by atoms with Gasteiger partial charge in [-0.25, -0.2) is 0 Å². The van der Waals surface area contributed by atoms with E-state index in [9.17, 15) is 9.90 Å².